The summed E-state index contributed by atoms with van der Waals surface area (Å²) < 4.78 is 2.29. The van der Waals surface area contributed by atoms with Crippen LogP contribution < -0.4 is 0 Å². The molecule has 5 heteroatoms. The van der Waals surface area contributed by atoms with Gasteiger partial charge in [0.15, 0.2) is 0 Å². The number of rotatable bonds is 9. The summed E-state index contributed by atoms with van der Waals surface area (Å²) in [6, 6.07) is 13.0. The number of pyridine rings is 1. The minimum atomic E-state index is 0.340. The number of hydrogen-bond acceptors (Lipinski definition) is 3. The highest BCUT2D eigenvalue weighted by molar-refractivity contribution is 6.17. The van der Waals surface area contributed by atoms with E-state index in [2.05, 4.69) is 52.4 Å². The lowest BCUT2D eigenvalue weighted by atomic mass is 9.90. The van der Waals surface area contributed by atoms with Crippen LogP contribution >= 0.6 is 11.6 Å². The van der Waals surface area contributed by atoms with Crippen LogP contribution in [0.2, 0.25) is 0 Å². The molecule has 3 aromatic rings. The molecular weight excluding hydrogens is 380 g/mol. The summed E-state index contributed by atoms with van der Waals surface area (Å²) in [5, 5.41) is 0. The maximum absolute atomic E-state index is 5.97. The molecule has 1 unspecified atom stereocenters. The van der Waals surface area contributed by atoms with Gasteiger partial charge in [-0.2, -0.15) is 0 Å². The summed E-state index contributed by atoms with van der Waals surface area (Å²) in [5.41, 5.74) is 4.86. The Labute approximate surface area is 178 Å². The molecule has 1 atom stereocenters. The van der Waals surface area contributed by atoms with Crippen molar-refractivity contribution in [2.24, 2.45) is 0 Å². The van der Waals surface area contributed by atoms with Gasteiger partial charge in [0.25, 0.3) is 0 Å². The van der Waals surface area contributed by atoms with Crippen molar-refractivity contribution in [3.63, 3.8) is 0 Å². The predicted octanol–water partition coefficient (Wildman–Crippen LogP) is 5.52. The molecule has 0 radical (unpaired) electrons. The van der Waals surface area contributed by atoms with E-state index in [-0.39, 0.29) is 0 Å². The zero-order valence-electron chi connectivity index (χ0n) is 16.9. The summed E-state index contributed by atoms with van der Waals surface area (Å²) in [6.45, 7) is 6.54. The molecule has 2 aromatic heterocycles. The number of fused-ring (bicyclic) bond motifs is 2. The summed E-state index contributed by atoms with van der Waals surface area (Å²) in [4.78, 5) is 12.3. The molecule has 2 heterocycles. The van der Waals surface area contributed by atoms with Crippen LogP contribution in [-0.4, -0.2) is 31.9 Å². The van der Waals surface area contributed by atoms with Gasteiger partial charge in [-0.15, -0.1) is 18.2 Å². The quantitative estimate of drug-likeness (QED) is 0.265. The minimum Gasteiger partial charge on any atom is -0.323 e. The summed E-state index contributed by atoms with van der Waals surface area (Å²) in [5.74, 6) is 1.81. The SMILES string of the molecule is C=CCn1c(CN(CCCCCl)C2CCCc3cccnc32)nc2ccccc21. The first-order valence-corrected chi connectivity index (χ1v) is 11.1. The van der Waals surface area contributed by atoms with Crippen molar-refractivity contribution in [3.8, 4) is 0 Å². The van der Waals surface area contributed by atoms with E-state index in [9.17, 15) is 0 Å². The number of aromatic nitrogens is 3. The zero-order chi connectivity index (χ0) is 20.1. The summed E-state index contributed by atoms with van der Waals surface area (Å²) in [6.07, 6.45) is 9.48. The second-order valence-corrected chi connectivity index (χ2v) is 8.12. The Hall–Kier alpha value is -2.17. The van der Waals surface area contributed by atoms with Gasteiger partial charge >= 0.3 is 0 Å². The molecule has 0 N–H and O–H groups in total. The largest absolute Gasteiger partial charge is 0.323 e. The topological polar surface area (TPSA) is 34.0 Å². The minimum absolute atomic E-state index is 0.340. The van der Waals surface area contributed by atoms with Gasteiger partial charge in [-0.25, -0.2) is 4.98 Å². The molecule has 0 bridgehead atoms. The number of benzene rings is 1. The molecule has 29 heavy (non-hydrogen) atoms. The number of halogens is 1. The number of para-hydroxylation sites is 2. The Morgan fingerprint density at radius 1 is 1.21 bits per heavy atom. The molecule has 1 aromatic carbocycles. The van der Waals surface area contributed by atoms with Crippen molar-refractivity contribution in [2.45, 2.75) is 51.2 Å². The van der Waals surface area contributed by atoms with Crippen molar-refractivity contribution in [2.75, 3.05) is 12.4 Å². The van der Waals surface area contributed by atoms with Crippen molar-refractivity contribution in [1.29, 1.82) is 0 Å². The molecule has 1 aliphatic rings. The molecule has 0 spiro atoms. The molecule has 0 saturated carbocycles. The lowest BCUT2D eigenvalue weighted by Gasteiger charge is -2.35. The third-order valence-electron chi connectivity index (χ3n) is 5.82. The molecule has 0 amide bonds. The van der Waals surface area contributed by atoms with Gasteiger partial charge in [0, 0.05) is 18.6 Å². The molecule has 4 rings (SSSR count). The maximum atomic E-state index is 5.97. The standard InChI is InChI=1S/C24H29ClN4/c1-2-16-29-21-12-4-3-11-20(21)27-23(29)18-28(17-6-5-14-25)22-13-7-9-19-10-8-15-26-24(19)22/h2-4,8,10-12,15,22H,1,5-7,9,13-14,16-18H2. The first-order valence-electron chi connectivity index (χ1n) is 10.6. The van der Waals surface area contributed by atoms with Crippen LogP contribution in [0.1, 0.15) is 48.8 Å². The predicted molar refractivity (Wildman–Crippen MR) is 120 cm³/mol. The van der Waals surface area contributed by atoms with E-state index < -0.39 is 0 Å². The number of imidazole rings is 1. The first-order chi connectivity index (χ1) is 14.3. The summed E-state index contributed by atoms with van der Waals surface area (Å²) in [7, 11) is 0. The monoisotopic (exact) mass is 408 g/mol. The van der Waals surface area contributed by atoms with Crippen molar-refractivity contribution >= 4 is 22.6 Å². The van der Waals surface area contributed by atoms with E-state index in [0.29, 0.717) is 11.9 Å². The fourth-order valence-electron chi connectivity index (χ4n) is 4.46. The Kier molecular flexibility index (Phi) is 6.63. The van der Waals surface area contributed by atoms with Gasteiger partial charge in [-0.3, -0.25) is 9.88 Å². The third kappa shape index (κ3) is 4.39. The average molecular weight is 409 g/mol. The van der Waals surface area contributed by atoms with Gasteiger partial charge < -0.3 is 4.57 Å². The Balaban J connectivity index is 1.67. The van der Waals surface area contributed by atoms with Crippen LogP contribution in [0.4, 0.5) is 0 Å². The van der Waals surface area contributed by atoms with E-state index in [1.54, 1.807) is 0 Å². The molecule has 4 nitrogen and oxygen atoms in total. The molecule has 0 fully saturated rings. The molecule has 152 valence electrons. The van der Waals surface area contributed by atoms with Crippen LogP contribution in [-0.2, 0) is 19.5 Å². The van der Waals surface area contributed by atoms with Crippen LogP contribution in [0.15, 0.2) is 55.3 Å². The van der Waals surface area contributed by atoms with Crippen LogP contribution in [0.3, 0.4) is 0 Å². The molecule has 0 saturated heterocycles. The van der Waals surface area contributed by atoms with E-state index in [0.717, 1.165) is 56.7 Å². The molecule has 1 aliphatic carbocycles. The van der Waals surface area contributed by atoms with E-state index >= 15 is 0 Å². The lowest BCUT2D eigenvalue weighted by Crippen LogP contribution is -2.33. The second-order valence-electron chi connectivity index (χ2n) is 7.74. The van der Waals surface area contributed by atoms with Gasteiger partial charge in [0.2, 0.25) is 0 Å². The summed E-state index contributed by atoms with van der Waals surface area (Å²) >= 11 is 5.97. The second kappa shape index (κ2) is 9.55. The number of aryl methyl sites for hydroxylation is 1. The van der Waals surface area contributed by atoms with E-state index in [4.69, 9.17) is 21.6 Å². The lowest BCUT2D eigenvalue weighted by molar-refractivity contribution is 0.158. The number of nitrogens with zero attached hydrogens (tertiary/aromatic N) is 4. The zero-order valence-corrected chi connectivity index (χ0v) is 17.7. The van der Waals surface area contributed by atoms with Crippen molar-refractivity contribution in [3.05, 3.63) is 72.3 Å². The highest BCUT2D eigenvalue weighted by Gasteiger charge is 2.28. The number of hydrogen-bond donors (Lipinski definition) is 0. The van der Waals surface area contributed by atoms with Crippen molar-refractivity contribution < 1.29 is 0 Å². The highest BCUT2D eigenvalue weighted by Crippen LogP contribution is 2.34. The first kappa shape index (κ1) is 20.1. The normalized spacial score (nSPS) is 16.3. The third-order valence-corrected chi connectivity index (χ3v) is 6.09. The van der Waals surface area contributed by atoms with Gasteiger partial charge in [-0.1, -0.05) is 24.3 Å². The number of unbranched alkanes of at least 4 members (excludes halogenated alkanes) is 1. The Morgan fingerprint density at radius 2 is 2.10 bits per heavy atom. The van der Waals surface area contributed by atoms with Crippen molar-refractivity contribution in [1.82, 2.24) is 19.4 Å². The molecular formula is C24H29ClN4. The van der Waals surface area contributed by atoms with Gasteiger partial charge in [-0.05, 0) is 62.4 Å². The van der Waals surface area contributed by atoms with Crippen LogP contribution in [0, 0.1) is 0 Å². The average Bonchev–Trinajstić information content (AvgIpc) is 3.10. The smallest absolute Gasteiger partial charge is 0.124 e. The van der Waals surface area contributed by atoms with Gasteiger partial charge in [0.05, 0.1) is 29.3 Å². The maximum Gasteiger partial charge on any atom is 0.124 e. The Morgan fingerprint density at radius 3 is 2.97 bits per heavy atom. The fraction of sp³-hybridized carbons (Fsp3) is 0.417. The number of alkyl halides is 1. The molecule has 0 aliphatic heterocycles. The van der Waals surface area contributed by atoms with Crippen LogP contribution in [0.5, 0.6) is 0 Å². The van der Waals surface area contributed by atoms with Gasteiger partial charge in [0.1, 0.15) is 5.82 Å². The fourth-order valence-corrected chi connectivity index (χ4v) is 4.64. The Bertz CT molecular complexity index is 964. The highest BCUT2D eigenvalue weighted by atomic mass is 35.5. The number of allylic oxidation sites excluding steroid dienone is 1. The van der Waals surface area contributed by atoms with E-state index in [1.807, 2.05) is 12.3 Å². The van der Waals surface area contributed by atoms with E-state index in [1.165, 1.54) is 23.2 Å². The van der Waals surface area contributed by atoms with Crippen LogP contribution in [0.25, 0.3) is 11.0 Å².